The quantitative estimate of drug-likeness (QED) is 0.201. The number of likely N-dealkylation sites (N-methyl/N-ethyl adjacent to an activating group) is 7. The molecule has 0 bridgehead atoms. The van der Waals surface area contributed by atoms with Gasteiger partial charge in [-0.15, -0.1) is 0 Å². The van der Waals surface area contributed by atoms with E-state index in [1.807, 2.05) is 13.8 Å². The minimum atomic E-state index is -4.76. The summed E-state index contributed by atoms with van der Waals surface area (Å²) in [4.78, 5) is 191. The number of hydrogen-bond donors (Lipinski definition) is 3. The van der Waals surface area contributed by atoms with E-state index in [1.54, 1.807) is 11.8 Å². The number of halogens is 4. The first kappa shape index (κ1) is 81.2. The van der Waals surface area contributed by atoms with Crippen LogP contribution >= 0.6 is 11.6 Å². The second-order valence-electron chi connectivity index (χ2n) is 29.7. The fourth-order valence-electron chi connectivity index (χ4n) is 15.9. The maximum Gasteiger partial charge on any atom is 0.417 e. The number of piperidine rings is 1. The number of hydrogen-bond acceptors (Lipinski definition) is 12. The lowest BCUT2D eigenvalue weighted by Crippen LogP contribution is -2.65. The van der Waals surface area contributed by atoms with Gasteiger partial charge < -0.3 is 60.0 Å². The molecule has 1 aromatic rings. The Bertz CT molecular complexity index is 3120. The van der Waals surface area contributed by atoms with E-state index in [-0.39, 0.29) is 57.4 Å². The van der Waals surface area contributed by atoms with Crippen molar-refractivity contribution in [2.75, 3.05) is 88.6 Å². The van der Waals surface area contributed by atoms with Gasteiger partial charge in [0.1, 0.15) is 47.8 Å². The average Bonchev–Trinajstić information content (AvgIpc) is 1.76. The van der Waals surface area contributed by atoms with E-state index in [9.17, 15) is 41.9 Å². The number of fused-ring (bicyclic) bond motifs is 1. The van der Waals surface area contributed by atoms with Gasteiger partial charge in [0.05, 0.1) is 36.6 Å². The van der Waals surface area contributed by atoms with Crippen molar-refractivity contribution in [3.63, 3.8) is 0 Å². The fourth-order valence-corrected chi connectivity index (χ4v) is 16.2. The lowest BCUT2D eigenvalue weighted by Gasteiger charge is -2.43. The molecule has 3 saturated heterocycles. The molecule has 6 aliphatic rings. The molecule has 0 aromatic heterocycles. The zero-order valence-corrected chi connectivity index (χ0v) is 62.0. The number of amides is 12. The van der Waals surface area contributed by atoms with Crippen molar-refractivity contribution in [2.45, 2.75) is 248 Å². The number of alkyl halides is 3. The van der Waals surface area contributed by atoms with Crippen LogP contribution in [0.25, 0.3) is 0 Å². The van der Waals surface area contributed by atoms with Crippen LogP contribution in [0.4, 0.5) is 13.2 Å². The predicted molar refractivity (Wildman–Crippen MR) is 374 cm³/mol. The van der Waals surface area contributed by atoms with Gasteiger partial charge in [-0.25, -0.2) is 0 Å². The molecule has 1 spiro atoms. The van der Waals surface area contributed by atoms with Crippen molar-refractivity contribution in [1.29, 1.82) is 0 Å². The van der Waals surface area contributed by atoms with Crippen molar-refractivity contribution in [1.82, 2.24) is 60.0 Å². The summed E-state index contributed by atoms with van der Waals surface area (Å²) in [6.07, 6.45) is 8.33. The van der Waals surface area contributed by atoms with E-state index in [2.05, 4.69) is 16.0 Å². The summed E-state index contributed by atoms with van der Waals surface area (Å²) in [5.74, 6) is -8.44. The summed E-state index contributed by atoms with van der Waals surface area (Å²) in [6, 6.07) is -5.46. The standard InChI is InChI=1S/C73H112ClF3N12O12/c1-11-13-30-54-64(94)79-62(47(3)12-2)69(99)83(6)45-60(92)81(4)46-61(93)85(8)56(42-48-26-17-14-18-27-48)67(97)82(5)44-58(90)78-53(35-33-49-32-34-51(52(74)41-49)73(75,76)77)66(96)89-40-25-31-55(89)65(95)80-72(36-21-22-37-72)71(101)87(10)63(50-28-19-15-20-29-50)70(100)86(9)57(43-59(91)84(54)7)68(98)88-38-23-16-24-39-88/h32,34,41,47-48,50,53-57,62-63H,11-31,33,35-40,42-46H2,1-10H3,(H,78,90)(H,79,94)(H,80,95)/t47-,53-,54-,55-,56-,57-,62-,63-/m0/s1. The molecular weight excluding hydrogens is 1330 g/mol. The van der Waals surface area contributed by atoms with Crippen molar-refractivity contribution < 1.29 is 70.7 Å². The number of likely N-dealkylation sites (tertiary alicyclic amines) is 1. The first-order chi connectivity index (χ1) is 47.8. The van der Waals surface area contributed by atoms with E-state index in [1.165, 1.54) is 79.9 Å². The summed E-state index contributed by atoms with van der Waals surface area (Å²) in [6.45, 7) is 4.67. The maximum atomic E-state index is 15.8. The molecule has 8 atom stereocenters. The van der Waals surface area contributed by atoms with Crippen LogP contribution < -0.4 is 16.0 Å². The smallest absolute Gasteiger partial charge is 0.343 e. The third-order valence-electron chi connectivity index (χ3n) is 22.5. The first-order valence-electron chi connectivity index (χ1n) is 37.0. The van der Waals surface area contributed by atoms with Gasteiger partial charge >= 0.3 is 6.18 Å². The van der Waals surface area contributed by atoms with Gasteiger partial charge in [0.2, 0.25) is 70.9 Å². The molecule has 28 heteroatoms. The zero-order valence-electron chi connectivity index (χ0n) is 61.3. The molecule has 24 nitrogen and oxygen atoms in total. The van der Waals surface area contributed by atoms with Crippen LogP contribution in [0.2, 0.25) is 5.02 Å². The number of nitrogens with zero attached hydrogens (tertiary/aromatic N) is 9. The van der Waals surface area contributed by atoms with E-state index in [4.69, 9.17) is 11.6 Å². The summed E-state index contributed by atoms with van der Waals surface area (Å²) >= 11 is 6.16. The SMILES string of the molecule is CCCC[C@H]1C(=O)N[C@@H]([C@@H](C)CC)C(=O)N(C)CC(=O)N(C)CC(=O)N(C)[C@@H](CC2CCCCC2)C(=O)N(C)CC(=O)N[C@@H](CCc2ccc(C(F)(F)F)c(Cl)c2)C(=O)N2CCC[C@H]2C(=O)NC2(CCCC2)C(=O)N(C)[C@@H](C2CCCCC2)C(=O)N(C)[C@H](C(=O)N2CCCCC2)CC(=O)N1C. The fraction of sp³-hybridized carbons (Fsp3) is 0.753. The Balaban J connectivity index is 1.29. The van der Waals surface area contributed by atoms with Crippen LogP contribution in [0.5, 0.6) is 0 Å². The van der Waals surface area contributed by atoms with Crippen LogP contribution in [0.1, 0.15) is 199 Å². The summed E-state index contributed by atoms with van der Waals surface area (Å²) in [5.41, 5.74) is -2.33. The van der Waals surface area contributed by atoms with E-state index in [0.717, 1.165) is 84.6 Å². The van der Waals surface area contributed by atoms with Gasteiger partial charge in [0, 0.05) is 69.0 Å². The van der Waals surface area contributed by atoms with Crippen LogP contribution in [0.15, 0.2) is 18.2 Å². The Labute approximate surface area is 599 Å². The molecule has 3 heterocycles. The Morgan fingerprint density at radius 2 is 1.22 bits per heavy atom. The number of carbonyl (C=O) groups excluding carboxylic acids is 12. The number of nitrogens with one attached hydrogen (secondary N) is 3. The van der Waals surface area contributed by atoms with Gasteiger partial charge in [0.15, 0.2) is 0 Å². The summed E-state index contributed by atoms with van der Waals surface area (Å²) in [5, 5.41) is 8.21. The predicted octanol–water partition coefficient (Wildman–Crippen LogP) is 6.57. The average molecular weight is 1440 g/mol. The minimum Gasteiger partial charge on any atom is -0.343 e. The van der Waals surface area contributed by atoms with Crippen LogP contribution in [0, 0.1) is 17.8 Å². The summed E-state index contributed by atoms with van der Waals surface area (Å²) < 4.78 is 41.7. The molecule has 6 fully saturated rings. The highest BCUT2D eigenvalue weighted by atomic mass is 35.5. The Morgan fingerprint density at radius 1 is 0.614 bits per heavy atom. The largest absolute Gasteiger partial charge is 0.417 e. The molecule has 0 radical (unpaired) electrons. The lowest BCUT2D eigenvalue weighted by molar-refractivity contribution is -0.157. The molecule has 0 unspecified atom stereocenters. The second kappa shape index (κ2) is 36.9. The van der Waals surface area contributed by atoms with E-state index in [0.29, 0.717) is 82.9 Å². The summed E-state index contributed by atoms with van der Waals surface area (Å²) in [7, 11) is 10.1. The molecule has 1 aromatic carbocycles. The topological polar surface area (TPSA) is 270 Å². The van der Waals surface area contributed by atoms with E-state index >= 15 is 28.8 Å². The van der Waals surface area contributed by atoms with Gasteiger partial charge in [-0.3, -0.25) is 57.5 Å². The molecule has 12 amide bonds. The third-order valence-corrected chi connectivity index (χ3v) is 22.8. The van der Waals surface area contributed by atoms with Crippen LogP contribution in [-0.4, -0.2) is 251 Å². The van der Waals surface area contributed by atoms with E-state index < -0.39 is 173 Å². The number of aryl methyl sites for hydroxylation is 1. The molecule has 3 N–H and O–H groups in total. The molecule has 3 aliphatic carbocycles. The Hall–Kier alpha value is -7.06. The van der Waals surface area contributed by atoms with Gasteiger partial charge in [-0.2, -0.15) is 13.2 Å². The van der Waals surface area contributed by atoms with Crippen molar-refractivity contribution >= 4 is 82.5 Å². The van der Waals surface area contributed by atoms with Crippen LogP contribution in [-0.2, 0) is 70.1 Å². The van der Waals surface area contributed by atoms with Crippen LogP contribution in [0.3, 0.4) is 0 Å². The highest BCUT2D eigenvalue weighted by molar-refractivity contribution is 6.31. The highest BCUT2D eigenvalue weighted by Gasteiger charge is 2.51. The minimum absolute atomic E-state index is 0.0210. The van der Waals surface area contributed by atoms with Crippen molar-refractivity contribution in [2.24, 2.45) is 17.8 Å². The molecule has 564 valence electrons. The number of unbranched alkanes of at least 4 members (excludes halogenated alkanes) is 1. The normalized spacial score (nSPS) is 26.7. The Kier molecular flexibility index (Phi) is 29.7. The van der Waals surface area contributed by atoms with Gasteiger partial charge in [0.25, 0.3) is 0 Å². The molecule has 7 rings (SSSR count). The third kappa shape index (κ3) is 20.6. The van der Waals surface area contributed by atoms with Gasteiger partial charge in [-0.05, 0) is 119 Å². The number of carbonyl (C=O) groups is 12. The zero-order chi connectivity index (χ0) is 74.2. The Morgan fingerprint density at radius 3 is 1.83 bits per heavy atom. The molecule has 3 aliphatic heterocycles. The van der Waals surface area contributed by atoms with Gasteiger partial charge in [-0.1, -0.05) is 122 Å². The first-order valence-corrected chi connectivity index (χ1v) is 37.4. The van der Waals surface area contributed by atoms with Crippen molar-refractivity contribution in [3.8, 4) is 0 Å². The van der Waals surface area contributed by atoms with Crippen molar-refractivity contribution in [3.05, 3.63) is 34.3 Å². The molecule has 101 heavy (non-hydrogen) atoms. The number of rotatable bonds is 12. The monoisotopic (exact) mass is 1440 g/mol. The maximum absolute atomic E-state index is 15.8. The number of benzene rings is 1. The molecular formula is C73H112ClF3N12O12. The molecule has 3 saturated carbocycles. The highest BCUT2D eigenvalue weighted by Crippen LogP contribution is 2.39. The lowest BCUT2D eigenvalue weighted by atomic mass is 9.81. The second-order valence-corrected chi connectivity index (χ2v) is 30.1.